The summed E-state index contributed by atoms with van der Waals surface area (Å²) in [6, 6.07) is 7.85. The molecule has 0 aliphatic heterocycles. The van der Waals surface area contributed by atoms with Crippen molar-refractivity contribution in [1.82, 2.24) is 24.9 Å². The number of rotatable bonds is 5. The molecule has 2 saturated carbocycles. The standard InChI is InChI=1S/C22H25N5O2S/c1-3-15-13-8-9-14(10-13)19(15)24-18(28)11-30-22-23-17-7-5-4-6-16(17)20-25-21(29)12(2)26-27(20)22/h4-7,13-15,19H,3,8-11H2,1-2H3,(H,24,28)/t13-,14-,15-,19+/m0/s1. The van der Waals surface area contributed by atoms with Crippen LogP contribution in [0.25, 0.3) is 16.6 Å². The van der Waals surface area contributed by atoms with Gasteiger partial charge in [-0.3, -0.25) is 9.59 Å². The molecule has 0 radical (unpaired) electrons. The summed E-state index contributed by atoms with van der Waals surface area (Å²) in [5.41, 5.74) is 1.17. The molecule has 2 aliphatic carbocycles. The highest BCUT2D eigenvalue weighted by Gasteiger charge is 2.46. The minimum absolute atomic E-state index is 0.0323. The number of hydrogen-bond acceptors (Lipinski definition) is 6. The number of aryl methyl sites for hydroxylation is 1. The van der Waals surface area contributed by atoms with Crippen LogP contribution in [-0.2, 0) is 4.79 Å². The van der Waals surface area contributed by atoms with Gasteiger partial charge in [0.05, 0.1) is 11.3 Å². The van der Waals surface area contributed by atoms with Crippen molar-refractivity contribution in [3.05, 3.63) is 40.3 Å². The highest BCUT2D eigenvalue weighted by molar-refractivity contribution is 7.99. The van der Waals surface area contributed by atoms with Crippen LogP contribution in [0.5, 0.6) is 0 Å². The molecule has 1 N–H and O–H groups in total. The first-order valence-corrected chi connectivity index (χ1v) is 11.6. The lowest BCUT2D eigenvalue weighted by Gasteiger charge is -2.31. The first-order valence-electron chi connectivity index (χ1n) is 10.6. The van der Waals surface area contributed by atoms with Gasteiger partial charge in [-0.15, -0.1) is 0 Å². The van der Waals surface area contributed by atoms with Gasteiger partial charge in [-0.25, -0.2) is 4.98 Å². The molecule has 2 aliphatic rings. The largest absolute Gasteiger partial charge is 0.352 e. The quantitative estimate of drug-likeness (QED) is 0.386. The highest BCUT2D eigenvalue weighted by atomic mass is 32.2. The van der Waals surface area contributed by atoms with E-state index in [9.17, 15) is 9.59 Å². The number of aromatic nitrogens is 4. The Hall–Kier alpha value is -2.48. The summed E-state index contributed by atoms with van der Waals surface area (Å²) in [5, 5.41) is 9.03. The molecule has 3 aromatic rings. The number of benzene rings is 1. The number of amides is 1. The molecular weight excluding hydrogens is 398 g/mol. The normalized spacial score (nSPS) is 25.3. The van der Waals surface area contributed by atoms with Gasteiger partial charge in [0.25, 0.3) is 5.56 Å². The average molecular weight is 424 g/mol. The number of thioether (sulfide) groups is 1. The van der Waals surface area contributed by atoms with Crippen molar-refractivity contribution in [2.75, 3.05) is 5.75 Å². The number of hydrogen-bond donors (Lipinski definition) is 1. The molecule has 5 rings (SSSR count). The molecule has 0 saturated heterocycles. The number of nitrogens with one attached hydrogen (secondary N) is 1. The number of para-hydroxylation sites is 1. The lowest BCUT2D eigenvalue weighted by atomic mass is 9.83. The summed E-state index contributed by atoms with van der Waals surface area (Å²) in [7, 11) is 0. The molecule has 1 amide bonds. The summed E-state index contributed by atoms with van der Waals surface area (Å²) in [5.74, 6) is 2.31. The van der Waals surface area contributed by atoms with Gasteiger partial charge in [-0.05, 0) is 56.1 Å². The monoisotopic (exact) mass is 423 g/mol. The second-order valence-corrected chi connectivity index (χ2v) is 9.38. The van der Waals surface area contributed by atoms with Crippen LogP contribution in [0.2, 0.25) is 0 Å². The van der Waals surface area contributed by atoms with Gasteiger partial charge in [0.2, 0.25) is 5.91 Å². The summed E-state index contributed by atoms with van der Waals surface area (Å²) >= 11 is 1.33. The molecule has 2 heterocycles. The SMILES string of the molecule is CC[C@H]1[C@H]2CC[C@@H](C2)[C@H]1NC(=O)CSc1nc2ccccc2c2nc(=O)c(C)nn12. The molecule has 2 aromatic heterocycles. The second-order valence-electron chi connectivity index (χ2n) is 8.44. The smallest absolute Gasteiger partial charge is 0.294 e. The predicted octanol–water partition coefficient (Wildman–Crippen LogP) is 2.98. The maximum absolute atomic E-state index is 12.8. The Balaban J connectivity index is 1.40. The predicted molar refractivity (Wildman–Crippen MR) is 117 cm³/mol. The van der Waals surface area contributed by atoms with E-state index in [1.54, 1.807) is 11.4 Å². The Bertz CT molecular complexity index is 1190. The van der Waals surface area contributed by atoms with E-state index < -0.39 is 0 Å². The van der Waals surface area contributed by atoms with Crippen molar-refractivity contribution in [3.63, 3.8) is 0 Å². The van der Waals surface area contributed by atoms with Crippen molar-refractivity contribution in [2.45, 2.75) is 50.7 Å². The molecule has 0 spiro atoms. The van der Waals surface area contributed by atoms with Crippen LogP contribution in [0.15, 0.2) is 34.2 Å². The third-order valence-electron chi connectivity index (χ3n) is 6.73. The molecule has 156 valence electrons. The van der Waals surface area contributed by atoms with Crippen LogP contribution in [0.3, 0.4) is 0 Å². The van der Waals surface area contributed by atoms with Crippen molar-refractivity contribution in [1.29, 1.82) is 0 Å². The lowest BCUT2D eigenvalue weighted by molar-refractivity contribution is -0.120. The van der Waals surface area contributed by atoms with E-state index in [-0.39, 0.29) is 17.2 Å². The van der Waals surface area contributed by atoms with Crippen LogP contribution in [-0.4, -0.2) is 37.3 Å². The number of nitrogens with zero attached hydrogens (tertiary/aromatic N) is 4. The van der Waals surface area contributed by atoms with E-state index in [4.69, 9.17) is 0 Å². The van der Waals surface area contributed by atoms with Gasteiger partial charge in [-0.1, -0.05) is 37.2 Å². The summed E-state index contributed by atoms with van der Waals surface area (Å²) in [6.45, 7) is 3.87. The van der Waals surface area contributed by atoms with Gasteiger partial charge < -0.3 is 5.32 Å². The molecule has 4 atom stereocenters. The molecule has 0 unspecified atom stereocenters. The van der Waals surface area contributed by atoms with Crippen LogP contribution in [0.4, 0.5) is 0 Å². The van der Waals surface area contributed by atoms with Crippen LogP contribution in [0.1, 0.15) is 38.3 Å². The van der Waals surface area contributed by atoms with Gasteiger partial charge in [-0.2, -0.15) is 14.6 Å². The molecule has 8 heteroatoms. The van der Waals surface area contributed by atoms with E-state index in [1.807, 2.05) is 24.3 Å². The summed E-state index contributed by atoms with van der Waals surface area (Å²) in [6.07, 6.45) is 4.93. The number of carbonyl (C=O) groups excluding carboxylic acids is 1. The molecular formula is C22H25N5O2S. The first kappa shape index (κ1) is 19.5. The molecule has 7 nitrogen and oxygen atoms in total. The second kappa shape index (κ2) is 7.65. The van der Waals surface area contributed by atoms with E-state index in [0.29, 0.717) is 34.4 Å². The minimum atomic E-state index is -0.345. The summed E-state index contributed by atoms with van der Waals surface area (Å²) < 4.78 is 1.59. The van der Waals surface area contributed by atoms with Crippen molar-refractivity contribution in [3.8, 4) is 0 Å². The fraction of sp³-hybridized carbons (Fsp3) is 0.500. The topological polar surface area (TPSA) is 89.2 Å². The zero-order chi connectivity index (χ0) is 20.8. The van der Waals surface area contributed by atoms with Crippen LogP contribution < -0.4 is 10.9 Å². The third-order valence-corrected chi connectivity index (χ3v) is 7.66. The number of fused-ring (bicyclic) bond motifs is 5. The van der Waals surface area contributed by atoms with E-state index in [0.717, 1.165) is 23.2 Å². The maximum atomic E-state index is 12.8. The van der Waals surface area contributed by atoms with Gasteiger partial charge in [0, 0.05) is 11.4 Å². The molecule has 1 aromatic carbocycles. The van der Waals surface area contributed by atoms with Crippen molar-refractivity contribution >= 4 is 34.2 Å². The Labute approximate surface area is 178 Å². The van der Waals surface area contributed by atoms with E-state index in [1.165, 1.54) is 31.0 Å². The minimum Gasteiger partial charge on any atom is -0.352 e. The third kappa shape index (κ3) is 3.27. The summed E-state index contributed by atoms with van der Waals surface area (Å²) in [4.78, 5) is 33.8. The Morgan fingerprint density at radius 3 is 2.87 bits per heavy atom. The van der Waals surface area contributed by atoms with Crippen molar-refractivity contribution in [2.24, 2.45) is 17.8 Å². The maximum Gasteiger partial charge on any atom is 0.294 e. The zero-order valence-electron chi connectivity index (χ0n) is 17.2. The van der Waals surface area contributed by atoms with Gasteiger partial charge in [0.15, 0.2) is 10.8 Å². The molecule has 2 bridgehead atoms. The van der Waals surface area contributed by atoms with Crippen LogP contribution in [0, 0.1) is 24.7 Å². The van der Waals surface area contributed by atoms with Gasteiger partial charge in [0.1, 0.15) is 5.69 Å². The average Bonchev–Trinajstić information content (AvgIpc) is 3.35. The van der Waals surface area contributed by atoms with Crippen molar-refractivity contribution < 1.29 is 4.79 Å². The van der Waals surface area contributed by atoms with E-state index in [2.05, 4.69) is 27.3 Å². The Morgan fingerprint density at radius 2 is 2.03 bits per heavy atom. The Kier molecular flexibility index (Phi) is 4.97. The first-order chi connectivity index (χ1) is 14.5. The number of carbonyl (C=O) groups is 1. The van der Waals surface area contributed by atoms with Crippen LogP contribution >= 0.6 is 11.8 Å². The highest BCUT2D eigenvalue weighted by Crippen LogP contribution is 2.49. The fourth-order valence-electron chi connectivity index (χ4n) is 5.36. The molecule has 2 fully saturated rings. The Morgan fingerprint density at radius 1 is 1.23 bits per heavy atom. The lowest BCUT2D eigenvalue weighted by Crippen LogP contribution is -2.44. The van der Waals surface area contributed by atoms with E-state index >= 15 is 0 Å². The zero-order valence-corrected chi connectivity index (χ0v) is 18.0. The molecule has 30 heavy (non-hydrogen) atoms. The van der Waals surface area contributed by atoms with Gasteiger partial charge >= 0.3 is 0 Å². The fourth-order valence-corrected chi connectivity index (χ4v) is 6.11.